The van der Waals surface area contributed by atoms with Gasteiger partial charge in [-0.05, 0) is 51.8 Å². The SMILES string of the molecule is C[C@H](COCc1cc(NC(=O)OC(C)(C)C)nc(N2CCCC2=O)c1)OC(N)=O. The molecule has 10 heteroatoms. The van der Waals surface area contributed by atoms with Gasteiger partial charge in [0, 0.05) is 13.0 Å². The molecule has 10 nitrogen and oxygen atoms in total. The van der Waals surface area contributed by atoms with Gasteiger partial charge in [-0.15, -0.1) is 0 Å². The second-order valence-corrected chi connectivity index (χ2v) is 7.76. The van der Waals surface area contributed by atoms with E-state index in [1.54, 1.807) is 44.7 Å². The van der Waals surface area contributed by atoms with Crippen LogP contribution in [0.2, 0.25) is 0 Å². The Bertz CT molecular complexity index is 762. The van der Waals surface area contributed by atoms with E-state index in [1.807, 2.05) is 0 Å². The number of aromatic nitrogens is 1. The summed E-state index contributed by atoms with van der Waals surface area (Å²) in [5.41, 5.74) is 5.00. The highest BCUT2D eigenvalue weighted by atomic mass is 16.6. The Morgan fingerprint density at radius 1 is 1.34 bits per heavy atom. The van der Waals surface area contributed by atoms with Gasteiger partial charge >= 0.3 is 12.2 Å². The van der Waals surface area contributed by atoms with Crippen LogP contribution in [0.15, 0.2) is 12.1 Å². The zero-order valence-corrected chi connectivity index (χ0v) is 17.2. The van der Waals surface area contributed by atoms with Crippen molar-refractivity contribution in [3.8, 4) is 0 Å². The second-order valence-electron chi connectivity index (χ2n) is 7.76. The number of ether oxygens (including phenoxy) is 3. The maximum absolute atomic E-state index is 12.1. The first kappa shape index (κ1) is 22.4. The Morgan fingerprint density at radius 3 is 2.66 bits per heavy atom. The van der Waals surface area contributed by atoms with E-state index in [-0.39, 0.29) is 24.9 Å². The van der Waals surface area contributed by atoms with E-state index >= 15 is 0 Å². The number of pyridine rings is 1. The van der Waals surface area contributed by atoms with Gasteiger partial charge in [0.15, 0.2) is 0 Å². The van der Waals surface area contributed by atoms with Crippen molar-refractivity contribution in [3.63, 3.8) is 0 Å². The van der Waals surface area contributed by atoms with E-state index in [0.717, 1.165) is 6.42 Å². The van der Waals surface area contributed by atoms with Gasteiger partial charge in [0.2, 0.25) is 5.91 Å². The molecule has 0 spiro atoms. The number of rotatable bonds is 7. The van der Waals surface area contributed by atoms with Gasteiger partial charge in [0.1, 0.15) is 23.3 Å². The van der Waals surface area contributed by atoms with Gasteiger partial charge in [0.05, 0.1) is 13.2 Å². The quantitative estimate of drug-likeness (QED) is 0.708. The van der Waals surface area contributed by atoms with Gasteiger partial charge in [-0.25, -0.2) is 14.6 Å². The minimum atomic E-state index is -0.872. The average molecular weight is 408 g/mol. The standard InChI is InChI=1S/C19H28N4O6/c1-12(28-17(20)25)10-27-11-13-8-14(22-18(26)29-19(2,3)4)21-15(9-13)23-7-5-6-16(23)24/h8-9,12H,5-7,10-11H2,1-4H3,(H2,20,25)(H,21,22,26)/t12-/m1/s1. The van der Waals surface area contributed by atoms with Crippen LogP contribution in [0.25, 0.3) is 0 Å². The van der Waals surface area contributed by atoms with Gasteiger partial charge in [-0.3, -0.25) is 15.0 Å². The van der Waals surface area contributed by atoms with Crippen molar-refractivity contribution in [2.45, 2.75) is 58.8 Å². The summed E-state index contributed by atoms with van der Waals surface area (Å²) in [6, 6.07) is 3.36. The maximum atomic E-state index is 12.1. The van der Waals surface area contributed by atoms with Gasteiger partial charge in [-0.2, -0.15) is 0 Å². The monoisotopic (exact) mass is 408 g/mol. The molecular formula is C19H28N4O6. The molecule has 1 aromatic heterocycles. The fourth-order valence-corrected chi connectivity index (χ4v) is 2.73. The molecule has 0 unspecified atom stereocenters. The Balaban J connectivity index is 2.13. The van der Waals surface area contributed by atoms with E-state index in [0.29, 0.717) is 24.3 Å². The Labute approximate surface area is 169 Å². The van der Waals surface area contributed by atoms with Gasteiger partial charge < -0.3 is 19.9 Å². The minimum absolute atomic E-state index is 0.0257. The van der Waals surface area contributed by atoms with Crippen molar-refractivity contribution in [1.29, 1.82) is 0 Å². The van der Waals surface area contributed by atoms with Crippen LogP contribution in [0.5, 0.6) is 0 Å². The first-order valence-corrected chi connectivity index (χ1v) is 9.38. The number of primary amides is 1. The summed E-state index contributed by atoms with van der Waals surface area (Å²) in [6.45, 7) is 7.79. The van der Waals surface area contributed by atoms with Crippen molar-refractivity contribution in [3.05, 3.63) is 17.7 Å². The Hall–Kier alpha value is -2.88. The van der Waals surface area contributed by atoms with Crippen molar-refractivity contribution < 1.29 is 28.6 Å². The molecule has 2 heterocycles. The van der Waals surface area contributed by atoms with Crippen LogP contribution in [0, 0.1) is 0 Å². The zero-order chi connectivity index (χ0) is 21.6. The van der Waals surface area contributed by atoms with Crippen LogP contribution in [0.1, 0.15) is 46.1 Å². The lowest BCUT2D eigenvalue weighted by Gasteiger charge is -2.21. The highest BCUT2D eigenvalue weighted by Gasteiger charge is 2.24. The number of anilines is 2. The van der Waals surface area contributed by atoms with Gasteiger partial charge in [-0.1, -0.05) is 0 Å². The molecule has 0 bridgehead atoms. The summed E-state index contributed by atoms with van der Waals surface area (Å²) in [7, 11) is 0. The van der Waals surface area contributed by atoms with E-state index in [9.17, 15) is 14.4 Å². The number of carbonyl (C=O) groups is 3. The highest BCUT2D eigenvalue weighted by molar-refractivity contribution is 5.95. The average Bonchev–Trinajstić information content (AvgIpc) is 2.98. The van der Waals surface area contributed by atoms with Crippen molar-refractivity contribution >= 4 is 29.7 Å². The van der Waals surface area contributed by atoms with Crippen molar-refractivity contribution in [1.82, 2.24) is 4.98 Å². The largest absolute Gasteiger partial charge is 0.444 e. The summed E-state index contributed by atoms with van der Waals surface area (Å²) < 4.78 is 15.6. The lowest BCUT2D eigenvalue weighted by atomic mass is 10.2. The number of hydrogen-bond donors (Lipinski definition) is 2. The van der Waals surface area contributed by atoms with Gasteiger partial charge in [0.25, 0.3) is 0 Å². The number of nitrogens with one attached hydrogen (secondary N) is 1. The van der Waals surface area contributed by atoms with Crippen LogP contribution in [0.4, 0.5) is 21.2 Å². The molecule has 3 N–H and O–H groups in total. The molecule has 0 aromatic carbocycles. The summed E-state index contributed by atoms with van der Waals surface area (Å²) >= 11 is 0. The first-order valence-electron chi connectivity index (χ1n) is 9.38. The summed E-state index contributed by atoms with van der Waals surface area (Å²) in [5, 5.41) is 2.59. The van der Waals surface area contributed by atoms with Crippen LogP contribution in [0.3, 0.4) is 0 Å². The van der Waals surface area contributed by atoms with Crippen molar-refractivity contribution in [2.24, 2.45) is 5.73 Å². The molecule has 1 aliphatic rings. The fraction of sp³-hybridized carbons (Fsp3) is 0.579. The smallest absolute Gasteiger partial charge is 0.413 e. The molecule has 0 aliphatic carbocycles. The molecule has 3 amide bonds. The summed E-state index contributed by atoms with van der Waals surface area (Å²) in [5.74, 6) is 0.653. The summed E-state index contributed by atoms with van der Waals surface area (Å²) in [4.78, 5) is 40.9. The van der Waals surface area contributed by atoms with Crippen LogP contribution in [-0.2, 0) is 25.6 Å². The molecule has 0 radical (unpaired) electrons. The third-order valence-corrected chi connectivity index (χ3v) is 3.79. The fourth-order valence-electron chi connectivity index (χ4n) is 2.73. The number of amides is 3. The number of hydrogen-bond acceptors (Lipinski definition) is 7. The molecule has 0 saturated carbocycles. The third-order valence-electron chi connectivity index (χ3n) is 3.79. The van der Waals surface area contributed by atoms with E-state index in [1.165, 1.54) is 0 Å². The molecule has 160 valence electrons. The predicted molar refractivity (Wildman–Crippen MR) is 105 cm³/mol. The maximum Gasteiger partial charge on any atom is 0.413 e. The zero-order valence-electron chi connectivity index (χ0n) is 17.2. The minimum Gasteiger partial charge on any atom is -0.444 e. The molecule has 1 aliphatic heterocycles. The van der Waals surface area contributed by atoms with Crippen LogP contribution >= 0.6 is 0 Å². The number of nitrogens with zero attached hydrogens (tertiary/aromatic N) is 2. The summed E-state index contributed by atoms with van der Waals surface area (Å²) in [6.07, 6.45) is -0.820. The highest BCUT2D eigenvalue weighted by Crippen LogP contribution is 2.24. The predicted octanol–water partition coefficient (Wildman–Crippen LogP) is 2.56. The molecule has 1 atom stereocenters. The lowest BCUT2D eigenvalue weighted by molar-refractivity contribution is -0.117. The number of carbonyl (C=O) groups excluding carboxylic acids is 3. The first-order chi connectivity index (χ1) is 13.5. The normalized spacial score (nSPS) is 15.2. The van der Waals surface area contributed by atoms with E-state index in [4.69, 9.17) is 19.9 Å². The molecule has 1 aromatic rings. The van der Waals surface area contributed by atoms with Crippen LogP contribution in [-0.4, -0.2) is 47.9 Å². The Kier molecular flexibility index (Phi) is 7.38. The van der Waals surface area contributed by atoms with E-state index in [2.05, 4.69) is 10.3 Å². The number of nitrogens with two attached hydrogens (primary N) is 1. The molecule has 1 saturated heterocycles. The van der Waals surface area contributed by atoms with Crippen LogP contribution < -0.4 is 16.0 Å². The lowest BCUT2D eigenvalue weighted by Crippen LogP contribution is -2.28. The topological polar surface area (TPSA) is 133 Å². The molecule has 29 heavy (non-hydrogen) atoms. The molecule has 2 rings (SSSR count). The van der Waals surface area contributed by atoms with Crippen molar-refractivity contribution in [2.75, 3.05) is 23.4 Å². The Morgan fingerprint density at radius 2 is 2.07 bits per heavy atom. The third kappa shape index (κ3) is 7.57. The molecule has 1 fully saturated rings. The van der Waals surface area contributed by atoms with E-state index < -0.39 is 23.9 Å². The molecular weight excluding hydrogens is 380 g/mol. The second kappa shape index (κ2) is 9.55.